The van der Waals surface area contributed by atoms with Gasteiger partial charge in [0.15, 0.2) is 0 Å². The third kappa shape index (κ3) is 1.90. The van der Waals surface area contributed by atoms with Gasteiger partial charge in [0.05, 0.1) is 10.2 Å². The Morgan fingerprint density at radius 2 is 2.21 bits per heavy atom. The Morgan fingerprint density at radius 1 is 1.57 bits per heavy atom. The molecule has 1 saturated carbocycles. The summed E-state index contributed by atoms with van der Waals surface area (Å²) in [4.78, 5) is 8.57. The number of hydrogen-bond donors (Lipinski definition) is 1. The summed E-state index contributed by atoms with van der Waals surface area (Å²) < 4.78 is 0.957. The van der Waals surface area contributed by atoms with Crippen LogP contribution in [-0.2, 0) is 0 Å². The van der Waals surface area contributed by atoms with Crippen LogP contribution in [0.5, 0.6) is 0 Å². The number of hydrogen-bond acceptors (Lipinski definition) is 3. The van der Waals surface area contributed by atoms with Crippen LogP contribution < -0.4 is 5.32 Å². The third-order valence-electron chi connectivity index (χ3n) is 2.74. The lowest BCUT2D eigenvalue weighted by atomic mass is 10.2. The molecule has 1 aliphatic rings. The van der Waals surface area contributed by atoms with Crippen LogP contribution in [0.1, 0.15) is 26.0 Å². The van der Waals surface area contributed by atoms with Crippen molar-refractivity contribution in [3.63, 3.8) is 0 Å². The van der Waals surface area contributed by atoms with Gasteiger partial charge in [-0.15, -0.1) is 0 Å². The lowest BCUT2D eigenvalue weighted by Crippen LogP contribution is -2.11. The minimum Gasteiger partial charge on any atom is -0.351 e. The first-order valence-corrected chi connectivity index (χ1v) is 5.54. The molecule has 1 heterocycles. The number of aryl methyl sites for hydroxylation is 1. The van der Waals surface area contributed by atoms with Crippen LogP contribution in [0.2, 0.25) is 0 Å². The maximum absolute atomic E-state index is 4.35. The van der Waals surface area contributed by atoms with Crippen molar-refractivity contribution in [1.29, 1.82) is 0 Å². The van der Waals surface area contributed by atoms with Crippen molar-refractivity contribution >= 4 is 21.9 Å². The van der Waals surface area contributed by atoms with Crippen molar-refractivity contribution in [3.05, 3.63) is 16.4 Å². The summed E-state index contributed by atoms with van der Waals surface area (Å²) in [6.45, 7) is 6.46. The Morgan fingerprint density at radius 3 is 2.71 bits per heavy atom. The van der Waals surface area contributed by atoms with E-state index in [0.717, 1.165) is 16.1 Å². The van der Waals surface area contributed by atoms with Crippen molar-refractivity contribution in [3.8, 4) is 0 Å². The Labute approximate surface area is 92.5 Å². The van der Waals surface area contributed by atoms with Crippen LogP contribution in [0, 0.1) is 12.3 Å². The zero-order valence-electron chi connectivity index (χ0n) is 8.63. The van der Waals surface area contributed by atoms with Gasteiger partial charge in [-0.1, -0.05) is 13.8 Å². The van der Waals surface area contributed by atoms with E-state index in [9.17, 15) is 0 Å². The fourth-order valence-electron chi connectivity index (χ4n) is 1.39. The summed E-state index contributed by atoms with van der Waals surface area (Å²) in [5, 5.41) is 3.33. The fourth-order valence-corrected chi connectivity index (χ4v) is 1.58. The van der Waals surface area contributed by atoms with E-state index < -0.39 is 0 Å². The molecule has 0 amide bonds. The Kier molecular flexibility index (Phi) is 2.26. The van der Waals surface area contributed by atoms with E-state index in [1.54, 1.807) is 6.20 Å². The van der Waals surface area contributed by atoms with Gasteiger partial charge in [0.1, 0.15) is 0 Å². The molecular weight excluding hydrogens is 242 g/mol. The molecule has 0 aliphatic heterocycles. The Bertz CT molecular complexity index is 362. The van der Waals surface area contributed by atoms with Gasteiger partial charge >= 0.3 is 0 Å². The van der Waals surface area contributed by atoms with Crippen molar-refractivity contribution < 1.29 is 0 Å². The molecule has 1 N–H and O–H groups in total. The van der Waals surface area contributed by atoms with Crippen molar-refractivity contribution in [2.24, 2.45) is 5.41 Å². The predicted octanol–water partition coefficient (Wildman–Crippen LogP) is 2.76. The standard InChI is InChI=1S/C10H14BrN3/c1-6-7(11)5-12-9(13-6)14-8-4-10(8,2)3/h5,8H,4H2,1-3H3,(H,12,13,14). The van der Waals surface area contributed by atoms with E-state index in [0.29, 0.717) is 11.5 Å². The first kappa shape index (κ1) is 9.90. The van der Waals surface area contributed by atoms with Gasteiger partial charge < -0.3 is 5.32 Å². The number of anilines is 1. The van der Waals surface area contributed by atoms with Crippen LogP contribution in [-0.4, -0.2) is 16.0 Å². The van der Waals surface area contributed by atoms with Crippen LogP contribution in [0.25, 0.3) is 0 Å². The predicted molar refractivity (Wildman–Crippen MR) is 60.3 cm³/mol. The molecule has 14 heavy (non-hydrogen) atoms. The molecule has 1 atom stereocenters. The summed E-state index contributed by atoms with van der Waals surface area (Å²) in [6.07, 6.45) is 2.99. The number of nitrogens with one attached hydrogen (secondary N) is 1. The molecule has 0 saturated heterocycles. The molecule has 1 aromatic heterocycles. The van der Waals surface area contributed by atoms with E-state index in [4.69, 9.17) is 0 Å². The zero-order chi connectivity index (χ0) is 10.3. The molecule has 0 aromatic carbocycles. The monoisotopic (exact) mass is 255 g/mol. The fraction of sp³-hybridized carbons (Fsp3) is 0.600. The molecule has 0 spiro atoms. The highest BCUT2D eigenvalue weighted by Gasteiger charge is 2.46. The smallest absolute Gasteiger partial charge is 0.223 e. The SMILES string of the molecule is Cc1nc(NC2CC2(C)C)ncc1Br. The lowest BCUT2D eigenvalue weighted by Gasteiger charge is -2.07. The quantitative estimate of drug-likeness (QED) is 0.884. The number of halogens is 1. The number of nitrogens with zero attached hydrogens (tertiary/aromatic N) is 2. The van der Waals surface area contributed by atoms with Crippen LogP contribution in [0.15, 0.2) is 10.7 Å². The van der Waals surface area contributed by atoms with Crippen LogP contribution in [0.4, 0.5) is 5.95 Å². The average molecular weight is 256 g/mol. The van der Waals surface area contributed by atoms with Gasteiger partial charge in [-0.3, -0.25) is 0 Å². The van der Waals surface area contributed by atoms with Gasteiger partial charge in [0.2, 0.25) is 5.95 Å². The Hall–Kier alpha value is -0.640. The average Bonchev–Trinajstić information content (AvgIpc) is 2.67. The van der Waals surface area contributed by atoms with Gasteiger partial charge in [-0.25, -0.2) is 9.97 Å². The maximum Gasteiger partial charge on any atom is 0.223 e. The van der Waals surface area contributed by atoms with E-state index in [1.165, 1.54) is 6.42 Å². The highest BCUT2D eigenvalue weighted by atomic mass is 79.9. The second-order valence-electron chi connectivity index (χ2n) is 4.52. The summed E-state index contributed by atoms with van der Waals surface area (Å²) in [6, 6.07) is 0.531. The lowest BCUT2D eigenvalue weighted by molar-refractivity contribution is 0.628. The molecule has 1 unspecified atom stereocenters. The summed E-state index contributed by atoms with van der Waals surface area (Å²) in [5.41, 5.74) is 1.38. The van der Waals surface area contributed by atoms with Crippen LogP contribution >= 0.6 is 15.9 Å². The summed E-state index contributed by atoms with van der Waals surface area (Å²) in [5.74, 6) is 0.737. The van der Waals surface area contributed by atoms with Gasteiger partial charge in [-0.05, 0) is 34.7 Å². The third-order valence-corrected chi connectivity index (χ3v) is 3.51. The molecule has 0 bridgehead atoms. The molecule has 1 fully saturated rings. The largest absolute Gasteiger partial charge is 0.351 e. The van der Waals surface area contributed by atoms with Gasteiger partial charge in [0.25, 0.3) is 0 Å². The highest BCUT2D eigenvalue weighted by molar-refractivity contribution is 9.10. The minimum absolute atomic E-state index is 0.407. The molecule has 2 rings (SSSR count). The first-order valence-electron chi connectivity index (χ1n) is 4.75. The molecule has 76 valence electrons. The molecule has 3 nitrogen and oxygen atoms in total. The van der Waals surface area contributed by atoms with Crippen molar-refractivity contribution in [2.45, 2.75) is 33.2 Å². The van der Waals surface area contributed by atoms with E-state index in [1.807, 2.05) is 6.92 Å². The second kappa shape index (κ2) is 3.19. The topological polar surface area (TPSA) is 37.8 Å². The summed E-state index contributed by atoms with van der Waals surface area (Å²) >= 11 is 3.38. The Balaban J connectivity index is 2.08. The van der Waals surface area contributed by atoms with E-state index >= 15 is 0 Å². The van der Waals surface area contributed by atoms with E-state index in [-0.39, 0.29) is 0 Å². The molecule has 0 radical (unpaired) electrons. The number of rotatable bonds is 2. The first-order chi connectivity index (χ1) is 6.49. The molecular formula is C10H14BrN3. The summed E-state index contributed by atoms with van der Waals surface area (Å²) in [7, 11) is 0. The maximum atomic E-state index is 4.35. The zero-order valence-corrected chi connectivity index (χ0v) is 10.2. The molecule has 4 heteroatoms. The minimum atomic E-state index is 0.407. The van der Waals surface area contributed by atoms with Gasteiger partial charge in [0, 0.05) is 12.2 Å². The van der Waals surface area contributed by atoms with Crippen molar-refractivity contribution in [1.82, 2.24) is 9.97 Å². The molecule has 1 aliphatic carbocycles. The van der Waals surface area contributed by atoms with Gasteiger partial charge in [-0.2, -0.15) is 0 Å². The van der Waals surface area contributed by atoms with Crippen LogP contribution in [0.3, 0.4) is 0 Å². The normalized spacial score (nSPS) is 23.3. The highest BCUT2D eigenvalue weighted by Crippen LogP contribution is 2.46. The number of aromatic nitrogens is 2. The second-order valence-corrected chi connectivity index (χ2v) is 5.37. The van der Waals surface area contributed by atoms with Crippen molar-refractivity contribution in [2.75, 3.05) is 5.32 Å². The molecule has 1 aromatic rings. The van der Waals surface area contributed by atoms with E-state index in [2.05, 4.69) is 45.1 Å².